The Morgan fingerprint density at radius 1 is 1.55 bits per heavy atom. The first-order chi connectivity index (χ1) is 10.5. The number of benzene rings is 1. The molecule has 1 unspecified atom stereocenters. The highest BCUT2D eigenvalue weighted by atomic mass is 16.5. The molecule has 1 atom stereocenters. The van der Waals surface area contributed by atoms with E-state index in [0.717, 1.165) is 12.8 Å². The number of ether oxygens (including phenoxy) is 2. The summed E-state index contributed by atoms with van der Waals surface area (Å²) < 4.78 is 10.4. The number of carbonyl (C=O) groups is 2. The molecule has 1 amide bonds. The Balaban J connectivity index is 1.96. The van der Waals surface area contributed by atoms with Crippen molar-refractivity contribution in [2.75, 3.05) is 13.7 Å². The second-order valence-corrected chi connectivity index (χ2v) is 5.45. The zero-order valence-corrected chi connectivity index (χ0v) is 12.6. The van der Waals surface area contributed by atoms with Gasteiger partial charge in [-0.2, -0.15) is 5.26 Å². The zero-order valence-electron chi connectivity index (χ0n) is 12.6. The van der Waals surface area contributed by atoms with Crippen LogP contribution in [0.1, 0.15) is 30.1 Å². The first-order valence-electron chi connectivity index (χ1n) is 7.00. The van der Waals surface area contributed by atoms with Crippen LogP contribution in [0, 0.1) is 17.2 Å². The molecule has 1 aromatic rings. The lowest BCUT2D eigenvalue weighted by molar-refractivity contribution is -0.124. The van der Waals surface area contributed by atoms with Gasteiger partial charge in [0.15, 0.2) is 12.9 Å². The maximum absolute atomic E-state index is 11.9. The van der Waals surface area contributed by atoms with Crippen molar-refractivity contribution in [1.29, 1.82) is 5.26 Å². The molecule has 0 aromatic heterocycles. The minimum atomic E-state index is -0.853. The molecule has 22 heavy (non-hydrogen) atoms. The van der Waals surface area contributed by atoms with E-state index in [9.17, 15) is 14.9 Å². The molecule has 1 aliphatic carbocycles. The monoisotopic (exact) mass is 302 g/mol. The van der Waals surface area contributed by atoms with Gasteiger partial charge >= 0.3 is 0 Å². The van der Waals surface area contributed by atoms with Crippen LogP contribution in [-0.2, 0) is 4.79 Å². The van der Waals surface area contributed by atoms with Crippen molar-refractivity contribution >= 4 is 12.2 Å². The number of hydrogen-bond donors (Lipinski definition) is 1. The molecule has 0 heterocycles. The summed E-state index contributed by atoms with van der Waals surface area (Å²) in [5.41, 5.74) is -0.550. The molecule has 1 aromatic carbocycles. The molecular weight excluding hydrogens is 284 g/mol. The van der Waals surface area contributed by atoms with Crippen molar-refractivity contribution < 1.29 is 19.1 Å². The van der Waals surface area contributed by atoms with Crippen LogP contribution in [0.5, 0.6) is 11.5 Å². The van der Waals surface area contributed by atoms with E-state index >= 15 is 0 Å². The third-order valence-electron chi connectivity index (χ3n) is 3.73. The molecule has 6 heteroatoms. The first kappa shape index (κ1) is 15.8. The van der Waals surface area contributed by atoms with Crippen LogP contribution in [0.3, 0.4) is 0 Å². The van der Waals surface area contributed by atoms with Crippen LogP contribution in [-0.4, -0.2) is 31.4 Å². The average Bonchev–Trinajstić information content (AvgIpc) is 3.37. The van der Waals surface area contributed by atoms with Crippen LogP contribution in [0.2, 0.25) is 0 Å². The molecular formula is C16H18N2O4. The highest BCUT2D eigenvalue weighted by Gasteiger charge is 2.43. The summed E-state index contributed by atoms with van der Waals surface area (Å²) >= 11 is 0. The summed E-state index contributed by atoms with van der Waals surface area (Å²) in [6.07, 6.45) is 2.53. The molecule has 2 rings (SSSR count). The van der Waals surface area contributed by atoms with E-state index in [1.165, 1.54) is 13.2 Å². The number of rotatable bonds is 7. The van der Waals surface area contributed by atoms with Crippen molar-refractivity contribution in [3.63, 3.8) is 0 Å². The lowest BCUT2D eigenvalue weighted by Crippen LogP contribution is -2.48. The van der Waals surface area contributed by atoms with Crippen LogP contribution < -0.4 is 14.8 Å². The molecule has 1 N–H and O–H groups in total. The Labute approximate surface area is 129 Å². The summed E-state index contributed by atoms with van der Waals surface area (Å²) in [4.78, 5) is 23.0. The lowest BCUT2D eigenvalue weighted by Gasteiger charge is -2.22. The molecule has 0 saturated heterocycles. The molecule has 1 fully saturated rings. The predicted molar refractivity (Wildman–Crippen MR) is 78.8 cm³/mol. The molecule has 0 radical (unpaired) electrons. The Morgan fingerprint density at radius 2 is 2.27 bits per heavy atom. The Hall–Kier alpha value is -2.55. The van der Waals surface area contributed by atoms with E-state index in [4.69, 9.17) is 9.47 Å². The SMILES string of the molecule is COc1ccc(OCC(=O)NC(C)(C#N)C2CC2)c(C=O)c1. The molecule has 1 saturated carbocycles. The number of aldehydes is 1. The number of hydrogen-bond acceptors (Lipinski definition) is 5. The fraction of sp³-hybridized carbons (Fsp3) is 0.438. The van der Waals surface area contributed by atoms with Crippen molar-refractivity contribution in [3.8, 4) is 17.6 Å². The molecule has 1 aliphatic rings. The van der Waals surface area contributed by atoms with E-state index in [1.54, 1.807) is 19.1 Å². The summed E-state index contributed by atoms with van der Waals surface area (Å²) in [7, 11) is 1.50. The van der Waals surface area contributed by atoms with Crippen LogP contribution in [0.4, 0.5) is 0 Å². The lowest BCUT2D eigenvalue weighted by atomic mass is 9.98. The smallest absolute Gasteiger partial charge is 0.259 e. The third kappa shape index (κ3) is 3.55. The fourth-order valence-electron chi connectivity index (χ4n) is 2.23. The largest absolute Gasteiger partial charge is 0.497 e. The van der Waals surface area contributed by atoms with E-state index < -0.39 is 5.54 Å². The van der Waals surface area contributed by atoms with Gasteiger partial charge in [0.25, 0.3) is 5.91 Å². The van der Waals surface area contributed by atoms with Crippen LogP contribution >= 0.6 is 0 Å². The number of nitrogens with zero attached hydrogens (tertiary/aromatic N) is 1. The van der Waals surface area contributed by atoms with Gasteiger partial charge in [-0.05, 0) is 43.9 Å². The Bertz CT molecular complexity index is 619. The quantitative estimate of drug-likeness (QED) is 0.774. The minimum Gasteiger partial charge on any atom is -0.497 e. The summed E-state index contributed by atoms with van der Waals surface area (Å²) in [5, 5.41) is 11.9. The van der Waals surface area contributed by atoms with Gasteiger partial charge < -0.3 is 14.8 Å². The fourth-order valence-corrected chi connectivity index (χ4v) is 2.23. The number of nitrogens with one attached hydrogen (secondary N) is 1. The van der Waals surface area contributed by atoms with E-state index in [2.05, 4.69) is 11.4 Å². The zero-order chi connectivity index (χ0) is 16.2. The predicted octanol–water partition coefficient (Wildman–Crippen LogP) is 1.69. The van der Waals surface area contributed by atoms with E-state index in [1.807, 2.05) is 0 Å². The van der Waals surface area contributed by atoms with Crippen molar-refractivity contribution in [3.05, 3.63) is 23.8 Å². The van der Waals surface area contributed by atoms with E-state index in [-0.39, 0.29) is 18.4 Å². The maximum atomic E-state index is 11.9. The summed E-state index contributed by atoms with van der Waals surface area (Å²) in [6.45, 7) is 1.46. The minimum absolute atomic E-state index is 0.202. The average molecular weight is 302 g/mol. The maximum Gasteiger partial charge on any atom is 0.259 e. The van der Waals surface area contributed by atoms with Gasteiger partial charge in [-0.1, -0.05) is 0 Å². The molecule has 0 aliphatic heterocycles. The van der Waals surface area contributed by atoms with Crippen molar-refractivity contribution in [2.45, 2.75) is 25.3 Å². The van der Waals surface area contributed by atoms with Gasteiger partial charge in [0.2, 0.25) is 0 Å². The van der Waals surface area contributed by atoms with Gasteiger partial charge in [-0.15, -0.1) is 0 Å². The Morgan fingerprint density at radius 3 is 2.82 bits per heavy atom. The number of amides is 1. The van der Waals surface area contributed by atoms with Gasteiger partial charge in [0, 0.05) is 0 Å². The van der Waals surface area contributed by atoms with Crippen LogP contribution in [0.15, 0.2) is 18.2 Å². The van der Waals surface area contributed by atoms with Gasteiger partial charge in [0.05, 0.1) is 18.7 Å². The number of nitriles is 1. The summed E-state index contributed by atoms with van der Waals surface area (Å²) in [6, 6.07) is 6.89. The standard InChI is InChI=1S/C16H18N2O4/c1-16(10-17,12-3-4-12)18-15(20)9-22-14-6-5-13(21-2)7-11(14)8-19/h5-8,12H,3-4,9H2,1-2H3,(H,18,20). The first-order valence-corrected chi connectivity index (χ1v) is 7.00. The third-order valence-corrected chi connectivity index (χ3v) is 3.73. The van der Waals surface area contributed by atoms with Gasteiger partial charge in [0.1, 0.15) is 17.0 Å². The second kappa shape index (κ2) is 6.48. The highest BCUT2D eigenvalue weighted by Crippen LogP contribution is 2.39. The highest BCUT2D eigenvalue weighted by molar-refractivity contribution is 5.82. The van der Waals surface area contributed by atoms with Gasteiger partial charge in [-0.25, -0.2) is 0 Å². The molecule has 116 valence electrons. The summed E-state index contributed by atoms with van der Waals surface area (Å²) in [5.74, 6) is 0.650. The normalized spacial score (nSPS) is 16.0. The molecule has 0 bridgehead atoms. The van der Waals surface area contributed by atoms with Gasteiger partial charge in [-0.3, -0.25) is 9.59 Å². The van der Waals surface area contributed by atoms with Crippen LogP contribution in [0.25, 0.3) is 0 Å². The van der Waals surface area contributed by atoms with E-state index in [0.29, 0.717) is 23.3 Å². The Kier molecular flexibility index (Phi) is 4.66. The number of methoxy groups -OCH3 is 1. The number of carbonyl (C=O) groups excluding carboxylic acids is 2. The molecule has 0 spiro atoms. The van der Waals surface area contributed by atoms with Crippen molar-refractivity contribution in [1.82, 2.24) is 5.32 Å². The van der Waals surface area contributed by atoms with Crippen molar-refractivity contribution in [2.24, 2.45) is 5.92 Å². The topological polar surface area (TPSA) is 88.4 Å². The molecule has 6 nitrogen and oxygen atoms in total. The second-order valence-electron chi connectivity index (χ2n) is 5.45.